The highest BCUT2D eigenvalue weighted by Gasteiger charge is 2.46. The molecule has 4 nitrogen and oxygen atoms in total. The number of esters is 1. The van der Waals surface area contributed by atoms with Crippen LogP contribution in [0.3, 0.4) is 0 Å². The molecule has 1 aliphatic heterocycles. The molecule has 2 atom stereocenters. The van der Waals surface area contributed by atoms with Gasteiger partial charge in [-0.2, -0.15) is 0 Å². The lowest BCUT2D eigenvalue weighted by Gasteiger charge is -2.31. The van der Waals surface area contributed by atoms with E-state index in [0.717, 1.165) is 19.3 Å². The number of carbonyl (C=O) groups excluding carboxylic acids is 2. The normalized spacial score (nSPS) is 25.7. The third-order valence-corrected chi connectivity index (χ3v) is 5.45. The number of likely N-dealkylation sites (tertiary alicyclic amines) is 1. The van der Waals surface area contributed by atoms with Crippen LogP contribution in [0.25, 0.3) is 0 Å². The molecule has 1 aromatic heterocycles. The lowest BCUT2D eigenvalue weighted by Crippen LogP contribution is -2.41. The Kier molecular flexibility index (Phi) is 4.29. The van der Waals surface area contributed by atoms with Crippen molar-refractivity contribution in [1.82, 2.24) is 4.90 Å². The molecule has 5 heteroatoms. The van der Waals surface area contributed by atoms with Crippen LogP contribution in [0.5, 0.6) is 0 Å². The number of piperidine rings is 1. The monoisotopic (exact) mass is 307 g/mol. The second kappa shape index (κ2) is 6.18. The quantitative estimate of drug-likeness (QED) is 0.803. The van der Waals surface area contributed by atoms with E-state index in [1.54, 1.807) is 11.3 Å². The van der Waals surface area contributed by atoms with Gasteiger partial charge in [-0.25, -0.2) is 0 Å². The van der Waals surface area contributed by atoms with Crippen molar-refractivity contribution in [3.63, 3.8) is 0 Å². The standard InChI is InChI=1S/C16H21NO3S/c1-2-20-16(19)11-5-7-17(8-6-11)15(18)13-10-12(13)14-4-3-9-21-14/h3-4,9,11-13H,2,5-8,10H2,1H3. The lowest BCUT2D eigenvalue weighted by molar-refractivity contribution is -0.151. The Balaban J connectivity index is 1.49. The maximum atomic E-state index is 12.5. The first-order valence-electron chi connectivity index (χ1n) is 7.69. The minimum absolute atomic E-state index is 0.0266. The molecule has 3 rings (SSSR count). The Morgan fingerprint density at radius 3 is 2.76 bits per heavy atom. The van der Waals surface area contributed by atoms with E-state index in [2.05, 4.69) is 11.4 Å². The molecule has 1 aromatic rings. The number of rotatable bonds is 4. The molecule has 2 fully saturated rings. The first kappa shape index (κ1) is 14.6. The number of ether oxygens (including phenoxy) is 1. The maximum Gasteiger partial charge on any atom is 0.309 e. The van der Waals surface area contributed by atoms with Gasteiger partial charge in [0.1, 0.15) is 0 Å². The summed E-state index contributed by atoms with van der Waals surface area (Å²) in [5.74, 6) is 0.743. The molecule has 1 aliphatic carbocycles. The maximum absolute atomic E-state index is 12.5. The number of amides is 1. The van der Waals surface area contributed by atoms with Crippen LogP contribution in [0.2, 0.25) is 0 Å². The van der Waals surface area contributed by atoms with Gasteiger partial charge in [-0.1, -0.05) is 6.07 Å². The third kappa shape index (κ3) is 3.12. The molecule has 0 bridgehead atoms. The summed E-state index contributed by atoms with van der Waals surface area (Å²) >= 11 is 1.74. The van der Waals surface area contributed by atoms with Crippen molar-refractivity contribution in [2.75, 3.05) is 19.7 Å². The molecule has 1 amide bonds. The molecule has 0 radical (unpaired) electrons. The number of thiophene rings is 1. The molecule has 0 N–H and O–H groups in total. The Labute approximate surface area is 129 Å². The third-order valence-electron chi connectivity index (χ3n) is 4.44. The Morgan fingerprint density at radius 1 is 1.38 bits per heavy atom. The van der Waals surface area contributed by atoms with Crippen molar-refractivity contribution in [3.8, 4) is 0 Å². The summed E-state index contributed by atoms with van der Waals surface area (Å²) in [4.78, 5) is 27.5. The van der Waals surface area contributed by atoms with Gasteiger partial charge in [0.05, 0.1) is 12.5 Å². The Hall–Kier alpha value is -1.36. The molecule has 21 heavy (non-hydrogen) atoms. The first-order chi connectivity index (χ1) is 10.2. The lowest BCUT2D eigenvalue weighted by atomic mass is 9.96. The highest BCUT2D eigenvalue weighted by atomic mass is 32.1. The summed E-state index contributed by atoms with van der Waals surface area (Å²) in [6, 6.07) is 4.17. The fourth-order valence-electron chi connectivity index (χ4n) is 3.11. The van der Waals surface area contributed by atoms with Gasteiger partial charge in [-0.3, -0.25) is 9.59 Å². The van der Waals surface area contributed by atoms with Gasteiger partial charge in [0.15, 0.2) is 0 Å². The van der Waals surface area contributed by atoms with Gasteiger partial charge in [-0.05, 0) is 37.6 Å². The van der Waals surface area contributed by atoms with E-state index in [1.807, 2.05) is 17.9 Å². The van der Waals surface area contributed by atoms with Crippen molar-refractivity contribution < 1.29 is 14.3 Å². The van der Waals surface area contributed by atoms with Gasteiger partial charge in [-0.15, -0.1) is 11.3 Å². The van der Waals surface area contributed by atoms with Gasteiger partial charge in [0.2, 0.25) is 5.91 Å². The molecule has 2 heterocycles. The summed E-state index contributed by atoms with van der Waals surface area (Å²) in [6.07, 6.45) is 2.46. The Bertz CT molecular complexity index is 506. The number of hydrogen-bond donors (Lipinski definition) is 0. The van der Waals surface area contributed by atoms with Gasteiger partial charge in [0.25, 0.3) is 0 Å². The van der Waals surface area contributed by atoms with Gasteiger partial charge < -0.3 is 9.64 Å². The molecule has 114 valence electrons. The topological polar surface area (TPSA) is 46.6 Å². The van der Waals surface area contributed by atoms with Crippen LogP contribution in [0, 0.1) is 11.8 Å². The summed E-state index contributed by atoms with van der Waals surface area (Å²) < 4.78 is 5.06. The van der Waals surface area contributed by atoms with Crippen molar-refractivity contribution >= 4 is 23.2 Å². The summed E-state index contributed by atoms with van der Waals surface area (Å²) in [5, 5.41) is 2.07. The highest BCUT2D eigenvalue weighted by molar-refractivity contribution is 7.10. The zero-order valence-corrected chi connectivity index (χ0v) is 13.1. The average molecular weight is 307 g/mol. The molecule has 0 spiro atoms. The Morgan fingerprint density at radius 2 is 2.14 bits per heavy atom. The van der Waals surface area contributed by atoms with E-state index < -0.39 is 0 Å². The van der Waals surface area contributed by atoms with Crippen LogP contribution in [-0.2, 0) is 14.3 Å². The van der Waals surface area contributed by atoms with Crippen molar-refractivity contribution in [3.05, 3.63) is 22.4 Å². The van der Waals surface area contributed by atoms with E-state index in [1.165, 1.54) is 4.88 Å². The predicted octanol–water partition coefficient (Wildman–Crippen LogP) is 2.65. The minimum Gasteiger partial charge on any atom is -0.466 e. The zero-order valence-electron chi connectivity index (χ0n) is 12.3. The smallest absolute Gasteiger partial charge is 0.309 e. The number of nitrogens with zero attached hydrogens (tertiary/aromatic N) is 1. The fourth-order valence-corrected chi connectivity index (χ4v) is 4.02. The van der Waals surface area contributed by atoms with Crippen LogP contribution in [-0.4, -0.2) is 36.5 Å². The highest BCUT2D eigenvalue weighted by Crippen LogP contribution is 2.50. The zero-order chi connectivity index (χ0) is 14.8. The van der Waals surface area contributed by atoms with Crippen LogP contribution < -0.4 is 0 Å². The van der Waals surface area contributed by atoms with Gasteiger partial charge in [0, 0.05) is 29.8 Å². The van der Waals surface area contributed by atoms with E-state index in [-0.39, 0.29) is 23.7 Å². The molecule has 2 unspecified atom stereocenters. The summed E-state index contributed by atoms with van der Waals surface area (Å²) in [6.45, 7) is 3.64. The molecule has 2 aliphatic rings. The second-order valence-electron chi connectivity index (χ2n) is 5.82. The number of hydrogen-bond acceptors (Lipinski definition) is 4. The van der Waals surface area contributed by atoms with E-state index in [4.69, 9.17) is 4.74 Å². The molecular weight excluding hydrogens is 286 g/mol. The number of carbonyl (C=O) groups is 2. The van der Waals surface area contributed by atoms with E-state index in [0.29, 0.717) is 25.6 Å². The van der Waals surface area contributed by atoms with Gasteiger partial charge >= 0.3 is 5.97 Å². The predicted molar refractivity (Wildman–Crippen MR) is 81.1 cm³/mol. The molecule has 1 saturated carbocycles. The summed E-state index contributed by atoms with van der Waals surface area (Å²) in [7, 11) is 0. The fraction of sp³-hybridized carbons (Fsp3) is 0.625. The molecular formula is C16H21NO3S. The van der Waals surface area contributed by atoms with Crippen LogP contribution in [0.15, 0.2) is 17.5 Å². The van der Waals surface area contributed by atoms with Crippen LogP contribution in [0.1, 0.15) is 37.0 Å². The SMILES string of the molecule is CCOC(=O)C1CCN(C(=O)C2CC2c2cccs2)CC1. The average Bonchev–Trinajstić information content (AvgIpc) is 3.12. The molecule has 1 saturated heterocycles. The van der Waals surface area contributed by atoms with E-state index >= 15 is 0 Å². The van der Waals surface area contributed by atoms with Crippen molar-refractivity contribution in [2.45, 2.75) is 32.1 Å². The van der Waals surface area contributed by atoms with Crippen LogP contribution >= 0.6 is 11.3 Å². The first-order valence-corrected chi connectivity index (χ1v) is 8.57. The van der Waals surface area contributed by atoms with Crippen molar-refractivity contribution in [1.29, 1.82) is 0 Å². The molecule has 0 aromatic carbocycles. The largest absolute Gasteiger partial charge is 0.466 e. The van der Waals surface area contributed by atoms with E-state index in [9.17, 15) is 9.59 Å². The summed E-state index contributed by atoms with van der Waals surface area (Å²) in [5.41, 5.74) is 0. The van der Waals surface area contributed by atoms with Crippen molar-refractivity contribution in [2.24, 2.45) is 11.8 Å². The van der Waals surface area contributed by atoms with Crippen LogP contribution in [0.4, 0.5) is 0 Å². The second-order valence-corrected chi connectivity index (χ2v) is 6.79. The minimum atomic E-state index is -0.104.